The molecule has 0 unspecified atom stereocenters. The number of rotatable bonds is 2. The van der Waals surface area contributed by atoms with Gasteiger partial charge in [-0.25, -0.2) is 4.79 Å². The summed E-state index contributed by atoms with van der Waals surface area (Å²) in [5.41, 5.74) is 1.76. The summed E-state index contributed by atoms with van der Waals surface area (Å²) in [6.45, 7) is 2.48. The first-order chi connectivity index (χ1) is 15.5. The first-order valence-corrected chi connectivity index (χ1v) is 12.2. The number of thioether (sulfide) groups is 1. The lowest BCUT2D eigenvalue weighted by Crippen LogP contribution is -2.46. The Balaban J connectivity index is 1.43. The second kappa shape index (κ2) is 8.28. The van der Waals surface area contributed by atoms with Crippen molar-refractivity contribution in [2.45, 2.75) is 54.7 Å². The number of urea groups is 1. The summed E-state index contributed by atoms with van der Waals surface area (Å²) >= 11 is 1.76. The van der Waals surface area contributed by atoms with Crippen LogP contribution >= 0.6 is 11.8 Å². The van der Waals surface area contributed by atoms with Crippen LogP contribution in [0.5, 0.6) is 0 Å². The zero-order chi connectivity index (χ0) is 22.3. The smallest absolute Gasteiger partial charge is 0.319 e. The summed E-state index contributed by atoms with van der Waals surface area (Å²) in [7, 11) is 0. The minimum absolute atomic E-state index is 0.227. The lowest BCUT2D eigenvalue weighted by atomic mass is 9.84. The van der Waals surface area contributed by atoms with Gasteiger partial charge in [-0.2, -0.15) is 0 Å². The molecule has 1 fully saturated rings. The van der Waals surface area contributed by atoms with Gasteiger partial charge in [-0.3, -0.25) is 14.5 Å². The molecule has 1 saturated heterocycles. The van der Waals surface area contributed by atoms with E-state index in [4.69, 9.17) is 0 Å². The molecule has 0 bridgehead atoms. The number of carbonyl (C=O) groups is 3. The van der Waals surface area contributed by atoms with Gasteiger partial charge < -0.3 is 10.2 Å². The van der Waals surface area contributed by atoms with E-state index in [2.05, 4.69) is 12.2 Å². The molecule has 3 aliphatic rings. The topological polar surface area (TPSA) is 69.7 Å². The standard InChI is InChI=1S/C25H27N3O3S/c1-17-13-15-27(20-11-4-5-12-21(20)32-17)22(29)16-28-23(30)25(26-24(28)31)14-7-6-9-18-8-2-3-10-19(18)25/h2-5,8,10-12,17H,6-7,9,13-16H2,1H3,(H,26,31)/t17-,25-/m0/s1. The summed E-state index contributed by atoms with van der Waals surface area (Å²) in [6, 6.07) is 15.2. The van der Waals surface area contributed by atoms with Crippen molar-refractivity contribution in [1.82, 2.24) is 10.2 Å². The molecule has 32 heavy (non-hydrogen) atoms. The van der Waals surface area contributed by atoms with Gasteiger partial charge in [-0.1, -0.05) is 43.3 Å². The summed E-state index contributed by atoms with van der Waals surface area (Å²) in [6.07, 6.45) is 4.11. The normalized spacial score (nSPS) is 25.1. The molecule has 1 N–H and O–H groups in total. The lowest BCUT2D eigenvalue weighted by molar-refractivity contribution is -0.134. The Kier molecular flexibility index (Phi) is 5.45. The molecule has 1 spiro atoms. The van der Waals surface area contributed by atoms with Crippen molar-refractivity contribution in [2.75, 3.05) is 18.0 Å². The summed E-state index contributed by atoms with van der Waals surface area (Å²) in [5.74, 6) is -0.536. The summed E-state index contributed by atoms with van der Waals surface area (Å²) in [5, 5.41) is 3.36. The van der Waals surface area contributed by atoms with E-state index in [9.17, 15) is 14.4 Å². The second-order valence-electron chi connectivity index (χ2n) is 8.82. The molecule has 6 nitrogen and oxygen atoms in total. The fourth-order valence-corrected chi connectivity index (χ4v) is 6.20. The van der Waals surface area contributed by atoms with E-state index in [1.165, 1.54) is 0 Å². The van der Waals surface area contributed by atoms with Crippen LogP contribution in [0.15, 0.2) is 53.4 Å². The lowest BCUT2D eigenvalue weighted by Gasteiger charge is -2.28. The van der Waals surface area contributed by atoms with Crippen molar-refractivity contribution in [2.24, 2.45) is 0 Å². The molecule has 2 aromatic rings. The first-order valence-electron chi connectivity index (χ1n) is 11.3. The zero-order valence-electron chi connectivity index (χ0n) is 18.2. The Hall–Kier alpha value is -2.80. The molecule has 0 aromatic heterocycles. The second-order valence-corrected chi connectivity index (χ2v) is 10.3. The van der Waals surface area contributed by atoms with Gasteiger partial charge in [0.15, 0.2) is 0 Å². The molecular weight excluding hydrogens is 422 g/mol. The van der Waals surface area contributed by atoms with Crippen LogP contribution in [0.4, 0.5) is 10.5 Å². The maximum Gasteiger partial charge on any atom is 0.325 e. The fourth-order valence-electron chi connectivity index (χ4n) is 5.08. The van der Waals surface area contributed by atoms with Crippen molar-refractivity contribution in [3.8, 4) is 0 Å². The number of hydrogen-bond donors (Lipinski definition) is 1. The van der Waals surface area contributed by atoms with Crippen molar-refractivity contribution in [1.29, 1.82) is 0 Å². The largest absolute Gasteiger partial charge is 0.325 e. The minimum atomic E-state index is -1.06. The maximum absolute atomic E-state index is 13.7. The number of imide groups is 1. The van der Waals surface area contributed by atoms with Crippen LogP contribution in [0.2, 0.25) is 0 Å². The van der Waals surface area contributed by atoms with Gasteiger partial charge in [0.25, 0.3) is 5.91 Å². The van der Waals surface area contributed by atoms with E-state index < -0.39 is 11.6 Å². The van der Waals surface area contributed by atoms with Gasteiger partial charge in [-0.05, 0) is 55.4 Å². The highest BCUT2D eigenvalue weighted by Crippen LogP contribution is 2.40. The monoisotopic (exact) mass is 449 g/mol. The quantitative estimate of drug-likeness (QED) is 0.702. The summed E-state index contributed by atoms with van der Waals surface area (Å²) < 4.78 is 0. The molecule has 2 atom stereocenters. The van der Waals surface area contributed by atoms with Crippen LogP contribution in [0, 0.1) is 0 Å². The van der Waals surface area contributed by atoms with Crippen molar-refractivity contribution < 1.29 is 14.4 Å². The molecule has 2 heterocycles. The molecule has 5 rings (SSSR count). The van der Waals surface area contributed by atoms with Crippen LogP contribution < -0.4 is 10.2 Å². The Morgan fingerprint density at radius 2 is 1.91 bits per heavy atom. The van der Waals surface area contributed by atoms with Crippen LogP contribution in [-0.2, 0) is 21.5 Å². The Morgan fingerprint density at radius 3 is 2.78 bits per heavy atom. The zero-order valence-corrected chi connectivity index (χ0v) is 19.0. The number of carbonyl (C=O) groups excluding carboxylic acids is 3. The van der Waals surface area contributed by atoms with Gasteiger partial charge in [-0.15, -0.1) is 11.8 Å². The number of anilines is 1. The average Bonchev–Trinajstić information content (AvgIpc) is 2.95. The van der Waals surface area contributed by atoms with E-state index in [-0.39, 0.29) is 18.4 Å². The molecule has 1 aliphatic carbocycles. The highest BCUT2D eigenvalue weighted by molar-refractivity contribution is 8.00. The van der Waals surface area contributed by atoms with Crippen molar-refractivity contribution in [3.05, 3.63) is 59.7 Å². The Morgan fingerprint density at radius 1 is 1.12 bits per heavy atom. The Labute approximate surface area is 192 Å². The number of nitrogens with one attached hydrogen (secondary N) is 1. The molecule has 0 saturated carbocycles. The third-order valence-corrected chi connectivity index (χ3v) is 7.98. The number of aryl methyl sites for hydroxylation is 1. The maximum atomic E-state index is 13.7. The molecule has 0 radical (unpaired) electrons. The van der Waals surface area contributed by atoms with E-state index in [0.29, 0.717) is 18.2 Å². The number of hydrogen-bond acceptors (Lipinski definition) is 4. The van der Waals surface area contributed by atoms with Gasteiger partial charge in [0.05, 0.1) is 5.69 Å². The summed E-state index contributed by atoms with van der Waals surface area (Å²) in [4.78, 5) is 43.9. The minimum Gasteiger partial charge on any atom is -0.319 e. The number of fused-ring (bicyclic) bond motifs is 3. The van der Waals surface area contributed by atoms with Crippen LogP contribution in [0.3, 0.4) is 0 Å². The van der Waals surface area contributed by atoms with Gasteiger partial charge in [0.1, 0.15) is 12.1 Å². The molecule has 2 aliphatic heterocycles. The third kappa shape index (κ3) is 3.48. The number of amides is 4. The average molecular weight is 450 g/mol. The van der Waals surface area contributed by atoms with E-state index >= 15 is 0 Å². The SMILES string of the molecule is C[C@H]1CCN(C(=O)CN2C(=O)N[C@]3(CCCCc4ccccc43)C2=O)c2ccccc2S1. The van der Waals surface area contributed by atoms with Crippen LogP contribution in [0.25, 0.3) is 0 Å². The third-order valence-electron chi connectivity index (χ3n) is 6.74. The number of benzene rings is 2. The molecule has 7 heteroatoms. The molecule has 4 amide bonds. The van der Waals surface area contributed by atoms with Gasteiger partial charge in [0.2, 0.25) is 5.91 Å². The Bertz CT molecular complexity index is 1090. The number of nitrogens with zero attached hydrogens (tertiary/aromatic N) is 2. The van der Waals surface area contributed by atoms with Crippen LogP contribution in [0.1, 0.15) is 43.7 Å². The predicted molar refractivity (Wildman–Crippen MR) is 125 cm³/mol. The fraction of sp³-hybridized carbons (Fsp3) is 0.400. The number of para-hydroxylation sites is 1. The highest BCUT2D eigenvalue weighted by atomic mass is 32.2. The molecular formula is C25H27N3O3S. The highest BCUT2D eigenvalue weighted by Gasteiger charge is 2.53. The van der Waals surface area contributed by atoms with Crippen molar-refractivity contribution >= 4 is 35.3 Å². The van der Waals surface area contributed by atoms with E-state index in [1.807, 2.05) is 48.5 Å². The molecule has 2 aromatic carbocycles. The van der Waals surface area contributed by atoms with Crippen molar-refractivity contribution in [3.63, 3.8) is 0 Å². The molecule has 166 valence electrons. The van der Waals surface area contributed by atoms with E-state index in [0.717, 1.165) is 52.3 Å². The van der Waals surface area contributed by atoms with Gasteiger partial charge in [0, 0.05) is 16.7 Å². The first kappa shape index (κ1) is 21.1. The van der Waals surface area contributed by atoms with Gasteiger partial charge >= 0.3 is 6.03 Å². The predicted octanol–water partition coefficient (Wildman–Crippen LogP) is 4.08. The van der Waals surface area contributed by atoms with E-state index in [1.54, 1.807) is 16.7 Å². The van der Waals surface area contributed by atoms with Crippen LogP contribution in [-0.4, -0.2) is 41.1 Å².